The molecular weight excluding hydrogens is 324 g/mol. The van der Waals surface area contributed by atoms with Crippen molar-refractivity contribution >= 4 is 39.3 Å². The Labute approximate surface area is 124 Å². The molecule has 0 spiro atoms. The minimum atomic E-state index is -0.157. The number of amides is 1. The molecule has 0 aliphatic heterocycles. The van der Waals surface area contributed by atoms with Crippen LogP contribution in [0.2, 0.25) is 0 Å². The SMILES string of the molecule is CSc1ccc(C(=O)NNc2ccc(Br)cc2)cc1. The molecule has 19 heavy (non-hydrogen) atoms. The Morgan fingerprint density at radius 1 is 1.05 bits per heavy atom. The van der Waals surface area contributed by atoms with Gasteiger partial charge in [0.1, 0.15) is 0 Å². The van der Waals surface area contributed by atoms with E-state index in [2.05, 4.69) is 26.8 Å². The average Bonchev–Trinajstić information content (AvgIpc) is 2.46. The highest BCUT2D eigenvalue weighted by Crippen LogP contribution is 2.15. The van der Waals surface area contributed by atoms with Crippen LogP contribution in [0.1, 0.15) is 10.4 Å². The number of nitrogens with one attached hydrogen (secondary N) is 2. The predicted octanol–water partition coefficient (Wildman–Crippen LogP) is 3.93. The van der Waals surface area contributed by atoms with E-state index in [0.29, 0.717) is 5.56 Å². The van der Waals surface area contributed by atoms with E-state index in [1.54, 1.807) is 11.8 Å². The Bertz CT molecular complexity index is 555. The van der Waals surface area contributed by atoms with Gasteiger partial charge in [0.15, 0.2) is 0 Å². The van der Waals surface area contributed by atoms with Crippen molar-refractivity contribution in [1.82, 2.24) is 5.43 Å². The molecule has 2 N–H and O–H groups in total. The fourth-order valence-electron chi connectivity index (χ4n) is 1.48. The van der Waals surface area contributed by atoms with Crippen molar-refractivity contribution in [1.29, 1.82) is 0 Å². The summed E-state index contributed by atoms with van der Waals surface area (Å²) in [5.41, 5.74) is 6.99. The third kappa shape index (κ3) is 4.01. The Balaban J connectivity index is 1.95. The maximum atomic E-state index is 11.9. The van der Waals surface area contributed by atoms with E-state index in [1.807, 2.05) is 54.8 Å². The number of benzene rings is 2. The van der Waals surface area contributed by atoms with Crippen molar-refractivity contribution in [2.45, 2.75) is 4.90 Å². The number of carbonyl (C=O) groups excluding carboxylic acids is 1. The average molecular weight is 337 g/mol. The molecule has 0 heterocycles. The van der Waals surface area contributed by atoms with Gasteiger partial charge in [-0.2, -0.15) is 0 Å². The zero-order chi connectivity index (χ0) is 13.7. The van der Waals surface area contributed by atoms with Crippen LogP contribution in [0.5, 0.6) is 0 Å². The summed E-state index contributed by atoms with van der Waals surface area (Å²) in [6, 6.07) is 15.0. The van der Waals surface area contributed by atoms with Gasteiger partial charge in [-0.3, -0.25) is 15.6 Å². The Hall–Kier alpha value is -1.46. The second-order valence-corrected chi connectivity index (χ2v) is 5.61. The van der Waals surface area contributed by atoms with Gasteiger partial charge in [-0.05, 0) is 54.8 Å². The molecule has 2 aromatic carbocycles. The summed E-state index contributed by atoms with van der Waals surface area (Å²) in [6.07, 6.45) is 2.00. The van der Waals surface area contributed by atoms with Crippen LogP contribution in [0.4, 0.5) is 5.69 Å². The molecule has 0 aromatic heterocycles. The molecule has 0 bridgehead atoms. The van der Waals surface area contributed by atoms with Gasteiger partial charge in [0.05, 0.1) is 5.69 Å². The Morgan fingerprint density at radius 3 is 2.26 bits per heavy atom. The predicted molar refractivity (Wildman–Crippen MR) is 83.5 cm³/mol. The maximum Gasteiger partial charge on any atom is 0.269 e. The van der Waals surface area contributed by atoms with Crippen molar-refractivity contribution in [2.75, 3.05) is 11.7 Å². The molecule has 0 saturated carbocycles. The second kappa shape index (κ2) is 6.63. The number of hydrogen-bond acceptors (Lipinski definition) is 3. The van der Waals surface area contributed by atoms with Crippen molar-refractivity contribution in [2.24, 2.45) is 0 Å². The van der Waals surface area contributed by atoms with Crippen LogP contribution in [0.3, 0.4) is 0 Å². The molecule has 0 aliphatic rings. The summed E-state index contributed by atoms with van der Waals surface area (Å²) in [7, 11) is 0. The number of thioether (sulfide) groups is 1. The van der Waals surface area contributed by atoms with Gasteiger partial charge < -0.3 is 0 Å². The molecule has 3 nitrogen and oxygen atoms in total. The lowest BCUT2D eigenvalue weighted by atomic mass is 10.2. The summed E-state index contributed by atoms with van der Waals surface area (Å²) in [6.45, 7) is 0. The van der Waals surface area contributed by atoms with E-state index in [4.69, 9.17) is 0 Å². The third-order valence-electron chi connectivity index (χ3n) is 2.52. The fourth-order valence-corrected chi connectivity index (χ4v) is 2.15. The van der Waals surface area contributed by atoms with Gasteiger partial charge >= 0.3 is 0 Å². The molecule has 1 amide bonds. The monoisotopic (exact) mass is 336 g/mol. The normalized spacial score (nSPS) is 10.0. The number of hydrogen-bond donors (Lipinski definition) is 2. The highest BCUT2D eigenvalue weighted by atomic mass is 79.9. The summed E-state index contributed by atoms with van der Waals surface area (Å²) >= 11 is 5.01. The quantitative estimate of drug-likeness (QED) is 0.656. The number of carbonyl (C=O) groups is 1. The van der Waals surface area contributed by atoms with Crippen LogP contribution in [0.25, 0.3) is 0 Å². The van der Waals surface area contributed by atoms with Crippen LogP contribution in [0, 0.1) is 0 Å². The molecule has 2 rings (SSSR count). The van der Waals surface area contributed by atoms with Crippen molar-refractivity contribution in [3.05, 3.63) is 58.6 Å². The number of rotatable bonds is 4. The van der Waals surface area contributed by atoms with E-state index < -0.39 is 0 Å². The summed E-state index contributed by atoms with van der Waals surface area (Å²) in [5, 5.41) is 0. The number of anilines is 1. The van der Waals surface area contributed by atoms with Crippen LogP contribution in [-0.4, -0.2) is 12.2 Å². The van der Waals surface area contributed by atoms with Crippen LogP contribution in [-0.2, 0) is 0 Å². The van der Waals surface area contributed by atoms with E-state index in [9.17, 15) is 4.79 Å². The molecule has 0 unspecified atom stereocenters. The minimum absolute atomic E-state index is 0.157. The van der Waals surface area contributed by atoms with Gasteiger partial charge in [-0.25, -0.2) is 0 Å². The van der Waals surface area contributed by atoms with E-state index >= 15 is 0 Å². The van der Waals surface area contributed by atoms with E-state index in [-0.39, 0.29) is 5.91 Å². The highest BCUT2D eigenvalue weighted by molar-refractivity contribution is 9.10. The molecular formula is C14H13BrN2OS. The zero-order valence-electron chi connectivity index (χ0n) is 10.3. The first kappa shape index (κ1) is 14.0. The molecule has 98 valence electrons. The van der Waals surface area contributed by atoms with E-state index in [0.717, 1.165) is 15.1 Å². The van der Waals surface area contributed by atoms with Gasteiger partial charge in [-0.15, -0.1) is 11.8 Å². The van der Waals surface area contributed by atoms with Gasteiger partial charge in [0.2, 0.25) is 0 Å². The minimum Gasteiger partial charge on any atom is -0.298 e. The summed E-state index contributed by atoms with van der Waals surface area (Å²) in [4.78, 5) is 13.0. The van der Waals surface area contributed by atoms with Gasteiger partial charge in [0, 0.05) is 14.9 Å². The lowest BCUT2D eigenvalue weighted by Crippen LogP contribution is -2.29. The smallest absolute Gasteiger partial charge is 0.269 e. The molecule has 0 atom stereocenters. The van der Waals surface area contributed by atoms with Crippen molar-refractivity contribution < 1.29 is 4.79 Å². The largest absolute Gasteiger partial charge is 0.298 e. The number of hydrazine groups is 1. The molecule has 2 aromatic rings. The highest BCUT2D eigenvalue weighted by Gasteiger charge is 2.04. The maximum absolute atomic E-state index is 11.9. The fraction of sp³-hybridized carbons (Fsp3) is 0.0714. The lowest BCUT2D eigenvalue weighted by molar-refractivity contribution is 0.0962. The first-order valence-corrected chi connectivity index (χ1v) is 7.67. The first-order valence-electron chi connectivity index (χ1n) is 5.65. The van der Waals surface area contributed by atoms with Crippen molar-refractivity contribution in [3.8, 4) is 0 Å². The van der Waals surface area contributed by atoms with Crippen LogP contribution < -0.4 is 10.9 Å². The van der Waals surface area contributed by atoms with Gasteiger partial charge in [-0.1, -0.05) is 15.9 Å². The summed E-state index contributed by atoms with van der Waals surface area (Å²) < 4.78 is 0.997. The van der Waals surface area contributed by atoms with Crippen molar-refractivity contribution in [3.63, 3.8) is 0 Å². The first-order chi connectivity index (χ1) is 9.19. The second-order valence-electron chi connectivity index (χ2n) is 3.81. The number of halogens is 1. The molecule has 0 aliphatic carbocycles. The topological polar surface area (TPSA) is 41.1 Å². The standard InChI is InChI=1S/C14H13BrN2OS/c1-19-13-8-2-10(3-9-13)14(18)17-16-12-6-4-11(15)5-7-12/h2-9,16H,1H3,(H,17,18). The Kier molecular flexibility index (Phi) is 4.87. The van der Waals surface area contributed by atoms with E-state index in [1.165, 1.54) is 0 Å². The van der Waals surface area contributed by atoms with Crippen LogP contribution >= 0.6 is 27.7 Å². The molecule has 5 heteroatoms. The van der Waals surface area contributed by atoms with Crippen LogP contribution in [0.15, 0.2) is 57.9 Å². The Morgan fingerprint density at radius 2 is 1.68 bits per heavy atom. The molecule has 0 fully saturated rings. The summed E-state index contributed by atoms with van der Waals surface area (Å²) in [5.74, 6) is -0.157. The molecule has 0 saturated heterocycles. The lowest BCUT2D eigenvalue weighted by Gasteiger charge is -2.08. The third-order valence-corrected chi connectivity index (χ3v) is 3.79. The van der Waals surface area contributed by atoms with Gasteiger partial charge in [0.25, 0.3) is 5.91 Å². The zero-order valence-corrected chi connectivity index (χ0v) is 12.7. The molecule has 0 radical (unpaired) electrons.